The number of hydrogen-bond acceptors (Lipinski definition) is 4. The van der Waals surface area contributed by atoms with Crippen molar-refractivity contribution in [2.45, 2.75) is 52.6 Å². The van der Waals surface area contributed by atoms with Crippen molar-refractivity contribution in [1.82, 2.24) is 5.32 Å². The molecule has 2 atom stereocenters. The minimum atomic E-state index is -0.811. The number of hydrogen-bond donors (Lipinski definition) is 2. The van der Waals surface area contributed by atoms with Gasteiger partial charge in [0.15, 0.2) is 0 Å². The molecule has 0 saturated carbocycles. The van der Waals surface area contributed by atoms with Gasteiger partial charge in [-0.05, 0) is 26.2 Å². The molecule has 0 unspecified atom stereocenters. The van der Waals surface area contributed by atoms with Crippen LogP contribution in [0.4, 0.5) is 0 Å². The molecular formula is C17H25NO4. The van der Waals surface area contributed by atoms with Crippen molar-refractivity contribution in [3.63, 3.8) is 0 Å². The van der Waals surface area contributed by atoms with Gasteiger partial charge < -0.3 is 5.11 Å². The van der Waals surface area contributed by atoms with Gasteiger partial charge >= 0.3 is 0 Å². The van der Waals surface area contributed by atoms with Crippen LogP contribution in [0.1, 0.15) is 46.5 Å². The number of allylic oxidation sites excluding steroid dienone is 4. The summed E-state index contributed by atoms with van der Waals surface area (Å²) in [5, 5.41) is 12.3. The molecule has 1 saturated heterocycles. The second kappa shape index (κ2) is 8.63. The molecule has 1 rings (SSSR count). The first-order valence-corrected chi connectivity index (χ1v) is 7.66. The van der Waals surface area contributed by atoms with E-state index in [2.05, 4.69) is 5.32 Å². The number of amides is 2. The first kappa shape index (κ1) is 18.3. The quantitative estimate of drug-likeness (QED) is 0.556. The summed E-state index contributed by atoms with van der Waals surface area (Å²) in [7, 11) is 0. The molecule has 122 valence electrons. The Bertz CT molecular complexity index is 477. The Kier molecular flexibility index (Phi) is 7.18. The fraction of sp³-hybridized carbons (Fsp3) is 0.588. The Labute approximate surface area is 131 Å². The van der Waals surface area contributed by atoms with Gasteiger partial charge in [-0.1, -0.05) is 30.7 Å². The molecule has 0 spiro atoms. The molecule has 5 nitrogen and oxygen atoms in total. The second-order valence-electron chi connectivity index (χ2n) is 6.00. The van der Waals surface area contributed by atoms with Crippen LogP contribution < -0.4 is 5.32 Å². The van der Waals surface area contributed by atoms with Crippen LogP contribution in [0.3, 0.4) is 0 Å². The minimum absolute atomic E-state index is 0.0389. The van der Waals surface area contributed by atoms with E-state index in [1.807, 2.05) is 32.1 Å². The molecule has 0 aromatic carbocycles. The summed E-state index contributed by atoms with van der Waals surface area (Å²) in [6, 6.07) is 0. The highest BCUT2D eigenvalue weighted by atomic mass is 16.3. The van der Waals surface area contributed by atoms with Gasteiger partial charge in [0.05, 0.1) is 6.10 Å². The van der Waals surface area contributed by atoms with E-state index in [1.54, 1.807) is 6.92 Å². The van der Waals surface area contributed by atoms with Gasteiger partial charge in [-0.15, -0.1) is 0 Å². The van der Waals surface area contributed by atoms with Crippen molar-refractivity contribution in [3.8, 4) is 0 Å². The summed E-state index contributed by atoms with van der Waals surface area (Å²) >= 11 is 0. The largest absolute Gasteiger partial charge is 0.393 e. The first-order chi connectivity index (χ1) is 10.3. The summed E-state index contributed by atoms with van der Waals surface area (Å²) in [5.41, 5.74) is 1.01. The predicted molar refractivity (Wildman–Crippen MR) is 83.9 cm³/mol. The molecule has 2 N–H and O–H groups in total. The summed E-state index contributed by atoms with van der Waals surface area (Å²) in [6.07, 6.45) is 5.69. The topological polar surface area (TPSA) is 83.5 Å². The monoisotopic (exact) mass is 307 g/mol. The number of nitrogens with one attached hydrogen (secondary N) is 1. The molecule has 0 radical (unpaired) electrons. The number of carbonyl (C=O) groups is 3. The SMILES string of the molecule is C/C=C/C(C)=C/[C@@H](C)C(=O)C[C@H](O)CC1CC(=O)NC(=O)C1. The molecule has 0 aliphatic carbocycles. The highest BCUT2D eigenvalue weighted by molar-refractivity contribution is 5.97. The third kappa shape index (κ3) is 6.35. The summed E-state index contributed by atoms with van der Waals surface area (Å²) < 4.78 is 0. The number of carbonyl (C=O) groups excluding carboxylic acids is 3. The van der Waals surface area contributed by atoms with Crippen molar-refractivity contribution in [1.29, 1.82) is 0 Å². The molecule has 1 heterocycles. The standard InChI is InChI=1S/C17H25NO4/c1-4-5-11(2)6-12(3)15(20)10-14(19)7-13-8-16(21)18-17(22)9-13/h4-6,12-14,19H,7-10H2,1-3H3,(H,18,21,22)/b5-4+,11-6+/t12-,14-/m1/s1. The van der Waals surface area contributed by atoms with Crippen LogP contribution in [0.5, 0.6) is 0 Å². The van der Waals surface area contributed by atoms with Gasteiger partial charge in [-0.25, -0.2) is 0 Å². The van der Waals surface area contributed by atoms with E-state index in [1.165, 1.54) is 0 Å². The Morgan fingerprint density at radius 3 is 2.50 bits per heavy atom. The average Bonchev–Trinajstić information content (AvgIpc) is 2.36. The van der Waals surface area contributed by atoms with E-state index in [0.717, 1.165) is 5.57 Å². The van der Waals surface area contributed by atoms with Gasteiger partial charge in [0.1, 0.15) is 5.78 Å². The van der Waals surface area contributed by atoms with Gasteiger partial charge in [0, 0.05) is 25.2 Å². The number of aliphatic hydroxyl groups excluding tert-OH is 1. The predicted octanol–water partition coefficient (Wildman–Crippen LogP) is 1.91. The van der Waals surface area contributed by atoms with Gasteiger partial charge in [0.2, 0.25) is 11.8 Å². The van der Waals surface area contributed by atoms with E-state index < -0.39 is 6.10 Å². The summed E-state index contributed by atoms with van der Waals surface area (Å²) in [6.45, 7) is 5.64. The van der Waals surface area contributed by atoms with Crippen molar-refractivity contribution in [2.75, 3.05) is 0 Å². The summed E-state index contributed by atoms with van der Waals surface area (Å²) in [5.74, 6) is -1.10. The Morgan fingerprint density at radius 2 is 1.95 bits per heavy atom. The van der Waals surface area contributed by atoms with E-state index in [9.17, 15) is 19.5 Å². The Balaban J connectivity index is 2.48. The normalized spacial score (nSPS) is 20.1. The fourth-order valence-electron chi connectivity index (χ4n) is 2.71. The molecule has 1 fully saturated rings. The molecule has 22 heavy (non-hydrogen) atoms. The van der Waals surface area contributed by atoms with Crippen molar-refractivity contribution >= 4 is 17.6 Å². The van der Waals surface area contributed by atoms with Crippen molar-refractivity contribution < 1.29 is 19.5 Å². The van der Waals surface area contributed by atoms with Crippen LogP contribution in [-0.2, 0) is 14.4 Å². The zero-order valence-corrected chi connectivity index (χ0v) is 13.5. The maximum absolute atomic E-state index is 12.1. The average molecular weight is 307 g/mol. The lowest BCUT2D eigenvalue weighted by molar-refractivity contribution is -0.135. The highest BCUT2D eigenvalue weighted by Gasteiger charge is 2.27. The number of piperidine rings is 1. The maximum Gasteiger partial charge on any atom is 0.226 e. The number of aliphatic hydroxyl groups is 1. The lowest BCUT2D eigenvalue weighted by Gasteiger charge is -2.23. The Hall–Kier alpha value is -1.75. The minimum Gasteiger partial charge on any atom is -0.393 e. The molecule has 1 aliphatic rings. The number of ketones is 1. The van der Waals surface area contributed by atoms with Crippen LogP contribution in [0, 0.1) is 11.8 Å². The second-order valence-corrected chi connectivity index (χ2v) is 6.00. The van der Waals surface area contributed by atoms with Crippen LogP contribution >= 0.6 is 0 Å². The van der Waals surface area contributed by atoms with E-state index in [0.29, 0.717) is 6.42 Å². The lowest BCUT2D eigenvalue weighted by Crippen LogP contribution is -2.39. The van der Waals surface area contributed by atoms with E-state index in [4.69, 9.17) is 0 Å². The number of rotatable bonds is 7. The van der Waals surface area contributed by atoms with Crippen LogP contribution in [0.15, 0.2) is 23.8 Å². The van der Waals surface area contributed by atoms with Crippen molar-refractivity contribution in [3.05, 3.63) is 23.8 Å². The third-order valence-electron chi connectivity index (χ3n) is 3.72. The number of imide groups is 1. The highest BCUT2D eigenvalue weighted by Crippen LogP contribution is 2.21. The lowest BCUT2D eigenvalue weighted by atomic mass is 9.88. The first-order valence-electron chi connectivity index (χ1n) is 7.66. The molecule has 1 aliphatic heterocycles. The fourth-order valence-corrected chi connectivity index (χ4v) is 2.71. The van der Waals surface area contributed by atoms with Crippen molar-refractivity contribution in [2.24, 2.45) is 11.8 Å². The smallest absolute Gasteiger partial charge is 0.226 e. The van der Waals surface area contributed by atoms with Crippen LogP contribution in [0.25, 0.3) is 0 Å². The van der Waals surface area contributed by atoms with E-state index >= 15 is 0 Å². The molecule has 0 bridgehead atoms. The molecule has 0 aromatic rings. The number of Topliss-reactive ketones (excluding diaryl/α,β-unsaturated/α-hetero) is 1. The molecule has 2 amide bonds. The Morgan fingerprint density at radius 1 is 1.36 bits per heavy atom. The molecule has 5 heteroatoms. The van der Waals surface area contributed by atoms with Gasteiger partial charge in [-0.3, -0.25) is 19.7 Å². The van der Waals surface area contributed by atoms with Gasteiger partial charge in [-0.2, -0.15) is 0 Å². The molecule has 0 aromatic heterocycles. The maximum atomic E-state index is 12.1. The molecular weight excluding hydrogens is 282 g/mol. The zero-order valence-electron chi connectivity index (χ0n) is 13.5. The van der Waals surface area contributed by atoms with Gasteiger partial charge in [0.25, 0.3) is 0 Å². The summed E-state index contributed by atoms with van der Waals surface area (Å²) in [4.78, 5) is 34.7. The third-order valence-corrected chi connectivity index (χ3v) is 3.72. The van der Waals surface area contributed by atoms with Crippen LogP contribution in [-0.4, -0.2) is 28.8 Å². The van der Waals surface area contributed by atoms with Crippen LogP contribution in [0.2, 0.25) is 0 Å². The zero-order chi connectivity index (χ0) is 16.7. The van der Waals surface area contributed by atoms with E-state index in [-0.39, 0.29) is 48.7 Å².